The summed E-state index contributed by atoms with van der Waals surface area (Å²) >= 11 is 0. The van der Waals surface area contributed by atoms with E-state index in [2.05, 4.69) is 5.73 Å². The molecule has 0 bridgehead atoms. The third-order valence-electron chi connectivity index (χ3n) is 0.429. The second kappa shape index (κ2) is 3.16. The van der Waals surface area contributed by atoms with Crippen molar-refractivity contribution in [3.8, 4) is 6.07 Å². The van der Waals surface area contributed by atoms with E-state index in [9.17, 15) is 4.39 Å². The van der Waals surface area contributed by atoms with Gasteiger partial charge in [0.2, 0.25) is 0 Å². The third kappa shape index (κ3) is 2.77. The molecule has 7 heavy (non-hydrogen) atoms. The van der Waals surface area contributed by atoms with Crippen molar-refractivity contribution >= 4 is 0 Å². The van der Waals surface area contributed by atoms with Gasteiger partial charge in [-0.25, -0.2) is 4.39 Å². The zero-order chi connectivity index (χ0) is 5.70. The summed E-state index contributed by atoms with van der Waals surface area (Å²) in [4.78, 5) is 0. The molecule has 0 aromatic carbocycles. The summed E-state index contributed by atoms with van der Waals surface area (Å²) in [5, 5.41) is 7.78. The molecule has 2 nitrogen and oxygen atoms in total. The maximum atomic E-state index is 11.6. The van der Waals surface area contributed by atoms with Crippen LogP contribution in [0.15, 0.2) is 12.0 Å². The first kappa shape index (κ1) is 5.96. The predicted molar refractivity (Wildman–Crippen MR) is 23.6 cm³/mol. The van der Waals surface area contributed by atoms with E-state index in [0.29, 0.717) is 0 Å². The van der Waals surface area contributed by atoms with Crippen LogP contribution < -0.4 is 5.73 Å². The van der Waals surface area contributed by atoms with Crippen LogP contribution in [-0.4, -0.2) is 0 Å². The number of hydrogen-bond acceptors (Lipinski definition) is 2. The monoisotopic (exact) mass is 100 g/mol. The van der Waals surface area contributed by atoms with Crippen LogP contribution in [0.4, 0.5) is 4.39 Å². The van der Waals surface area contributed by atoms with Crippen molar-refractivity contribution in [2.75, 3.05) is 0 Å². The number of hydrogen-bond donors (Lipinski definition) is 1. The molecule has 0 unspecified atom stereocenters. The number of nitriles is 1. The molecule has 0 atom stereocenters. The highest BCUT2D eigenvalue weighted by molar-refractivity contribution is 4.95. The van der Waals surface area contributed by atoms with Gasteiger partial charge in [-0.3, -0.25) is 0 Å². The van der Waals surface area contributed by atoms with Gasteiger partial charge in [0.05, 0.1) is 12.5 Å². The van der Waals surface area contributed by atoms with Crippen LogP contribution in [-0.2, 0) is 0 Å². The van der Waals surface area contributed by atoms with Crippen LogP contribution in [0.3, 0.4) is 0 Å². The van der Waals surface area contributed by atoms with Gasteiger partial charge < -0.3 is 5.73 Å². The van der Waals surface area contributed by atoms with E-state index >= 15 is 0 Å². The molecule has 0 heterocycles. The minimum atomic E-state index is -0.581. The van der Waals surface area contributed by atoms with E-state index in [0.717, 1.165) is 6.20 Å². The highest BCUT2D eigenvalue weighted by Gasteiger charge is 1.85. The number of nitrogens with two attached hydrogens (primary N) is 1. The Balaban J connectivity index is 3.43. The van der Waals surface area contributed by atoms with Crippen molar-refractivity contribution in [1.29, 1.82) is 5.26 Å². The van der Waals surface area contributed by atoms with Gasteiger partial charge in [0.15, 0.2) is 0 Å². The van der Waals surface area contributed by atoms with E-state index in [4.69, 9.17) is 5.26 Å². The Morgan fingerprint density at radius 3 is 2.71 bits per heavy atom. The average molecular weight is 100 g/mol. The molecule has 3 heteroatoms. The summed E-state index contributed by atoms with van der Waals surface area (Å²) in [6, 6.07) is 1.60. The third-order valence-corrected chi connectivity index (χ3v) is 0.429. The summed E-state index contributed by atoms with van der Waals surface area (Å²) < 4.78 is 11.6. The fourth-order valence-corrected chi connectivity index (χ4v) is 0.134. The molecule has 38 valence electrons. The lowest BCUT2D eigenvalue weighted by Gasteiger charge is -1.77. The van der Waals surface area contributed by atoms with Crippen LogP contribution in [0.5, 0.6) is 0 Å². The summed E-state index contributed by atoms with van der Waals surface area (Å²) in [6.45, 7) is 0. The predicted octanol–water partition coefficient (Wildman–Crippen LogP) is 0.670. The lowest BCUT2D eigenvalue weighted by molar-refractivity contribution is 0.617. The van der Waals surface area contributed by atoms with E-state index in [1.165, 1.54) is 0 Å². The van der Waals surface area contributed by atoms with Crippen LogP contribution in [0, 0.1) is 11.3 Å². The van der Waals surface area contributed by atoms with Crippen LogP contribution in [0.2, 0.25) is 0 Å². The summed E-state index contributed by atoms with van der Waals surface area (Å²) in [5.74, 6) is -0.581. The number of rotatable bonds is 1. The Labute approximate surface area is 41.0 Å². The van der Waals surface area contributed by atoms with Crippen molar-refractivity contribution in [1.82, 2.24) is 0 Å². The second-order valence-corrected chi connectivity index (χ2v) is 0.948. The maximum absolute atomic E-state index is 11.6. The van der Waals surface area contributed by atoms with Crippen LogP contribution >= 0.6 is 0 Å². The fourth-order valence-electron chi connectivity index (χ4n) is 0.134. The minimum absolute atomic E-state index is 0.226. The molecule has 0 aliphatic rings. The average Bonchev–Trinajstić information content (AvgIpc) is 1.68. The SMILES string of the molecule is N#CC/C(F)=C\N. The first-order chi connectivity index (χ1) is 3.31. The van der Waals surface area contributed by atoms with Gasteiger partial charge in [-0.15, -0.1) is 0 Å². The van der Waals surface area contributed by atoms with Crippen molar-refractivity contribution in [2.24, 2.45) is 5.73 Å². The highest BCUT2D eigenvalue weighted by Crippen LogP contribution is 1.95. The molecular formula is C4H5FN2. The zero-order valence-corrected chi connectivity index (χ0v) is 3.69. The van der Waals surface area contributed by atoms with Crippen LogP contribution in [0.1, 0.15) is 6.42 Å². The second-order valence-electron chi connectivity index (χ2n) is 0.948. The number of allylic oxidation sites excluding steroid dienone is 1. The van der Waals surface area contributed by atoms with E-state index in [1.807, 2.05) is 0 Å². The van der Waals surface area contributed by atoms with Gasteiger partial charge in [0.1, 0.15) is 5.83 Å². The Kier molecular flexibility index (Phi) is 2.69. The molecular weight excluding hydrogens is 95.1 g/mol. The largest absolute Gasteiger partial charge is 0.402 e. The molecule has 0 radical (unpaired) electrons. The fraction of sp³-hybridized carbons (Fsp3) is 0.250. The number of halogens is 1. The Morgan fingerprint density at radius 1 is 2.00 bits per heavy atom. The molecule has 0 spiro atoms. The first-order valence-corrected chi connectivity index (χ1v) is 1.74. The van der Waals surface area contributed by atoms with Gasteiger partial charge >= 0.3 is 0 Å². The molecule has 0 fully saturated rings. The standard InChI is InChI=1S/C4H5FN2/c5-4(3-7)1-2-6/h3H,1,7H2/b4-3+. The van der Waals surface area contributed by atoms with Crippen molar-refractivity contribution in [3.05, 3.63) is 12.0 Å². The van der Waals surface area contributed by atoms with Gasteiger partial charge in [-0.05, 0) is 0 Å². The molecule has 0 saturated carbocycles. The molecule has 0 saturated heterocycles. The van der Waals surface area contributed by atoms with E-state index < -0.39 is 5.83 Å². The molecule has 0 aromatic heterocycles. The molecule has 0 aliphatic carbocycles. The van der Waals surface area contributed by atoms with Gasteiger partial charge in [0, 0.05) is 6.20 Å². The molecule has 0 rings (SSSR count). The van der Waals surface area contributed by atoms with Gasteiger partial charge in [-0.1, -0.05) is 0 Å². The summed E-state index contributed by atoms with van der Waals surface area (Å²) in [5.41, 5.74) is 4.67. The minimum Gasteiger partial charge on any atom is -0.402 e. The Hall–Kier alpha value is -1.04. The van der Waals surface area contributed by atoms with Crippen LogP contribution in [0.25, 0.3) is 0 Å². The Morgan fingerprint density at radius 2 is 2.57 bits per heavy atom. The molecule has 0 aromatic rings. The van der Waals surface area contributed by atoms with Crippen molar-refractivity contribution in [2.45, 2.75) is 6.42 Å². The van der Waals surface area contributed by atoms with E-state index in [1.54, 1.807) is 6.07 Å². The molecule has 2 N–H and O–H groups in total. The van der Waals surface area contributed by atoms with Crippen molar-refractivity contribution in [3.63, 3.8) is 0 Å². The molecule has 0 aliphatic heterocycles. The Bertz CT molecular complexity index is 111. The lowest BCUT2D eigenvalue weighted by atomic mass is 10.4. The summed E-state index contributed by atoms with van der Waals surface area (Å²) in [7, 11) is 0. The zero-order valence-electron chi connectivity index (χ0n) is 3.69. The topological polar surface area (TPSA) is 49.8 Å². The summed E-state index contributed by atoms with van der Waals surface area (Å²) in [6.07, 6.45) is 0.555. The smallest absolute Gasteiger partial charge is 0.129 e. The van der Waals surface area contributed by atoms with E-state index in [-0.39, 0.29) is 6.42 Å². The van der Waals surface area contributed by atoms with Crippen molar-refractivity contribution < 1.29 is 4.39 Å². The lowest BCUT2D eigenvalue weighted by Crippen LogP contribution is -1.80. The normalized spacial score (nSPS) is 10.6. The quantitative estimate of drug-likeness (QED) is 0.526. The highest BCUT2D eigenvalue weighted by atomic mass is 19.1. The molecule has 0 amide bonds. The van der Waals surface area contributed by atoms with Gasteiger partial charge in [-0.2, -0.15) is 5.26 Å². The maximum Gasteiger partial charge on any atom is 0.129 e. The first-order valence-electron chi connectivity index (χ1n) is 1.74. The number of nitrogens with zero attached hydrogens (tertiary/aromatic N) is 1. The van der Waals surface area contributed by atoms with Gasteiger partial charge in [0.25, 0.3) is 0 Å².